The van der Waals surface area contributed by atoms with E-state index >= 15 is 0 Å². The van der Waals surface area contributed by atoms with Gasteiger partial charge < -0.3 is 19.5 Å². The van der Waals surface area contributed by atoms with E-state index in [9.17, 15) is 13.2 Å². The lowest BCUT2D eigenvalue weighted by atomic mass is 10.2. The summed E-state index contributed by atoms with van der Waals surface area (Å²) >= 11 is 6.06. The Labute approximate surface area is 187 Å². The highest BCUT2D eigenvalue weighted by atomic mass is 35.5. The van der Waals surface area contributed by atoms with Gasteiger partial charge in [-0.3, -0.25) is 4.79 Å². The molecule has 3 rings (SSSR count). The highest BCUT2D eigenvalue weighted by molar-refractivity contribution is 7.89. The molecule has 0 saturated carbocycles. The number of sulfonamides is 1. The molecule has 0 spiro atoms. The second-order valence-electron chi connectivity index (χ2n) is 6.96. The van der Waals surface area contributed by atoms with E-state index in [0.29, 0.717) is 41.0 Å². The van der Waals surface area contributed by atoms with Crippen LogP contribution in [0, 0.1) is 0 Å². The van der Waals surface area contributed by atoms with Gasteiger partial charge in [0.1, 0.15) is 17.2 Å². The maximum Gasteiger partial charge on any atom is 0.262 e. The summed E-state index contributed by atoms with van der Waals surface area (Å²) in [6, 6.07) is 9.15. The fourth-order valence-corrected chi connectivity index (χ4v) is 5.00. The Morgan fingerprint density at radius 3 is 2.29 bits per heavy atom. The van der Waals surface area contributed by atoms with E-state index in [1.165, 1.54) is 42.8 Å². The van der Waals surface area contributed by atoms with E-state index < -0.39 is 15.9 Å². The van der Waals surface area contributed by atoms with E-state index in [1.807, 2.05) is 0 Å². The lowest BCUT2D eigenvalue weighted by Gasteiger charge is -2.25. The normalized spacial score (nSPS) is 14.7. The first-order valence-corrected chi connectivity index (χ1v) is 11.6. The molecule has 2 aromatic carbocycles. The zero-order chi connectivity index (χ0) is 22.4. The maximum absolute atomic E-state index is 12.7. The number of methoxy groups -OCH3 is 2. The molecular weight excluding hydrogens is 444 g/mol. The van der Waals surface area contributed by atoms with Crippen molar-refractivity contribution in [1.29, 1.82) is 0 Å². The highest BCUT2D eigenvalue weighted by Gasteiger charge is 2.25. The highest BCUT2D eigenvalue weighted by Crippen LogP contribution is 2.35. The largest absolute Gasteiger partial charge is 0.495 e. The van der Waals surface area contributed by atoms with Crippen LogP contribution in [0.3, 0.4) is 0 Å². The maximum atomic E-state index is 12.7. The fourth-order valence-electron chi connectivity index (χ4n) is 3.26. The van der Waals surface area contributed by atoms with E-state index in [-0.39, 0.29) is 11.5 Å². The summed E-state index contributed by atoms with van der Waals surface area (Å²) in [5.41, 5.74) is 0.389. The minimum atomic E-state index is -3.51. The van der Waals surface area contributed by atoms with Crippen molar-refractivity contribution in [2.75, 3.05) is 39.2 Å². The van der Waals surface area contributed by atoms with Crippen LogP contribution in [0.2, 0.25) is 5.02 Å². The molecule has 31 heavy (non-hydrogen) atoms. The first-order valence-electron chi connectivity index (χ1n) is 9.79. The van der Waals surface area contributed by atoms with Crippen molar-refractivity contribution in [2.24, 2.45) is 0 Å². The van der Waals surface area contributed by atoms with Gasteiger partial charge in [0, 0.05) is 25.2 Å². The van der Waals surface area contributed by atoms with E-state index in [2.05, 4.69) is 5.32 Å². The quantitative estimate of drug-likeness (QED) is 0.636. The number of benzene rings is 2. The van der Waals surface area contributed by atoms with Crippen LogP contribution >= 0.6 is 11.6 Å². The molecule has 0 bridgehead atoms. The summed E-state index contributed by atoms with van der Waals surface area (Å²) in [5.74, 6) is 0.733. The van der Waals surface area contributed by atoms with Crippen LogP contribution in [0.15, 0.2) is 41.3 Å². The molecule has 1 N–H and O–H groups in total. The number of halogens is 1. The Morgan fingerprint density at radius 1 is 1.03 bits per heavy atom. The molecule has 0 aromatic heterocycles. The van der Waals surface area contributed by atoms with Gasteiger partial charge in [0.25, 0.3) is 5.91 Å². The molecule has 0 atom stereocenters. The third-order valence-electron chi connectivity index (χ3n) is 4.89. The van der Waals surface area contributed by atoms with Crippen LogP contribution in [-0.4, -0.2) is 52.5 Å². The lowest BCUT2D eigenvalue weighted by molar-refractivity contribution is -0.118. The topological polar surface area (TPSA) is 94.2 Å². The minimum Gasteiger partial charge on any atom is -0.495 e. The Hall–Kier alpha value is -2.49. The monoisotopic (exact) mass is 468 g/mol. The summed E-state index contributed by atoms with van der Waals surface area (Å²) in [4.78, 5) is 12.5. The average molecular weight is 469 g/mol. The van der Waals surface area contributed by atoms with Gasteiger partial charge in [-0.25, -0.2) is 8.42 Å². The van der Waals surface area contributed by atoms with Crippen molar-refractivity contribution < 1.29 is 27.4 Å². The van der Waals surface area contributed by atoms with E-state index in [1.54, 1.807) is 12.1 Å². The van der Waals surface area contributed by atoms with E-state index in [0.717, 1.165) is 19.3 Å². The molecule has 2 aromatic rings. The van der Waals surface area contributed by atoms with Crippen LogP contribution in [-0.2, 0) is 14.8 Å². The van der Waals surface area contributed by atoms with Gasteiger partial charge in [0.05, 0.1) is 29.8 Å². The smallest absolute Gasteiger partial charge is 0.262 e. The molecule has 8 nitrogen and oxygen atoms in total. The fraction of sp³-hybridized carbons (Fsp3) is 0.381. The average Bonchev–Trinajstić information content (AvgIpc) is 2.79. The predicted octanol–water partition coefficient (Wildman–Crippen LogP) is 3.55. The van der Waals surface area contributed by atoms with Crippen LogP contribution in [0.4, 0.5) is 5.69 Å². The molecule has 10 heteroatoms. The number of carbonyl (C=O) groups is 1. The number of amides is 1. The molecule has 1 amide bonds. The van der Waals surface area contributed by atoms with Gasteiger partial charge in [0.15, 0.2) is 6.61 Å². The van der Waals surface area contributed by atoms with Gasteiger partial charge in [-0.2, -0.15) is 4.31 Å². The van der Waals surface area contributed by atoms with Crippen molar-refractivity contribution in [3.8, 4) is 17.2 Å². The zero-order valence-corrected chi connectivity index (χ0v) is 19.0. The van der Waals surface area contributed by atoms with Crippen LogP contribution in [0.5, 0.6) is 17.2 Å². The van der Waals surface area contributed by atoms with Gasteiger partial charge >= 0.3 is 0 Å². The standard InChI is InChI=1S/C21H25ClN2O6S/c1-28-19-13-18(20(29-2)12-17(19)22)23-21(25)14-30-15-6-8-16(9-7-15)31(26,27)24-10-4-3-5-11-24/h6-9,12-13H,3-5,10-11,14H2,1-2H3,(H,23,25). The zero-order valence-electron chi connectivity index (χ0n) is 17.4. The molecule has 168 valence electrons. The Bertz CT molecular complexity index is 1020. The van der Waals surface area contributed by atoms with Crippen LogP contribution in [0.25, 0.3) is 0 Å². The number of piperidine rings is 1. The number of hydrogen-bond donors (Lipinski definition) is 1. The SMILES string of the molecule is COc1cc(NC(=O)COc2ccc(S(=O)(=O)N3CCCCC3)cc2)c(OC)cc1Cl. The number of rotatable bonds is 8. The molecule has 0 unspecified atom stereocenters. The van der Waals surface area contributed by atoms with Crippen LogP contribution in [0.1, 0.15) is 19.3 Å². The lowest BCUT2D eigenvalue weighted by Crippen LogP contribution is -2.35. The summed E-state index contributed by atoms with van der Waals surface area (Å²) in [6.45, 7) is 0.811. The predicted molar refractivity (Wildman–Crippen MR) is 118 cm³/mol. The Balaban J connectivity index is 1.61. The number of carbonyl (C=O) groups excluding carboxylic acids is 1. The number of hydrogen-bond acceptors (Lipinski definition) is 6. The van der Waals surface area contributed by atoms with Crippen molar-refractivity contribution in [3.05, 3.63) is 41.4 Å². The van der Waals surface area contributed by atoms with Crippen molar-refractivity contribution >= 4 is 33.2 Å². The third-order valence-corrected chi connectivity index (χ3v) is 7.10. The minimum absolute atomic E-state index is 0.212. The van der Waals surface area contributed by atoms with Crippen molar-refractivity contribution in [3.63, 3.8) is 0 Å². The summed E-state index contributed by atoms with van der Waals surface area (Å²) in [5, 5.41) is 3.04. The Morgan fingerprint density at radius 2 is 1.68 bits per heavy atom. The van der Waals surface area contributed by atoms with Crippen LogP contribution < -0.4 is 19.5 Å². The molecular formula is C21H25ClN2O6S. The molecule has 1 saturated heterocycles. The second-order valence-corrected chi connectivity index (χ2v) is 9.31. The molecule has 0 radical (unpaired) electrons. The van der Waals surface area contributed by atoms with Gasteiger partial charge in [-0.1, -0.05) is 18.0 Å². The first kappa shape index (κ1) is 23.2. The number of nitrogens with zero attached hydrogens (tertiary/aromatic N) is 1. The summed E-state index contributed by atoms with van der Waals surface area (Å²) < 4.78 is 42.8. The van der Waals surface area contributed by atoms with Gasteiger partial charge in [-0.15, -0.1) is 0 Å². The van der Waals surface area contributed by atoms with Crippen molar-refractivity contribution in [1.82, 2.24) is 4.31 Å². The molecule has 1 aliphatic rings. The third kappa shape index (κ3) is 5.61. The van der Waals surface area contributed by atoms with Gasteiger partial charge in [-0.05, 0) is 37.1 Å². The molecule has 1 aliphatic heterocycles. The molecule has 0 aliphatic carbocycles. The van der Waals surface area contributed by atoms with E-state index in [4.69, 9.17) is 25.8 Å². The molecule has 1 fully saturated rings. The summed E-state index contributed by atoms with van der Waals surface area (Å²) in [6.07, 6.45) is 2.80. The number of nitrogens with one attached hydrogen (secondary N) is 1. The van der Waals surface area contributed by atoms with Crippen molar-refractivity contribution in [2.45, 2.75) is 24.2 Å². The number of anilines is 1. The molecule has 1 heterocycles. The second kappa shape index (κ2) is 10.2. The first-order chi connectivity index (χ1) is 14.8. The summed E-state index contributed by atoms with van der Waals surface area (Å²) in [7, 11) is -0.575. The Kier molecular flexibility index (Phi) is 7.64. The van der Waals surface area contributed by atoms with Gasteiger partial charge in [0.2, 0.25) is 10.0 Å². The number of ether oxygens (including phenoxy) is 3.